The van der Waals surface area contributed by atoms with Gasteiger partial charge in [0.05, 0.1) is 18.6 Å². The average molecular weight is 290 g/mol. The van der Waals surface area contributed by atoms with E-state index in [0.717, 1.165) is 17.7 Å². The highest BCUT2D eigenvalue weighted by Gasteiger charge is 2.10. The molecule has 0 aromatic carbocycles. The summed E-state index contributed by atoms with van der Waals surface area (Å²) in [5, 5.41) is 3.55. The number of fused-ring (bicyclic) bond motifs is 1. The monoisotopic (exact) mass is 289 g/mol. The molecule has 0 saturated carbocycles. The van der Waals surface area contributed by atoms with E-state index >= 15 is 0 Å². The van der Waals surface area contributed by atoms with Gasteiger partial charge >= 0.3 is 0 Å². The van der Waals surface area contributed by atoms with Crippen LogP contribution in [0.1, 0.15) is 12.6 Å². The lowest BCUT2D eigenvalue weighted by atomic mass is 10.4. The van der Waals surface area contributed by atoms with Crippen molar-refractivity contribution in [3.05, 3.63) is 35.9 Å². The van der Waals surface area contributed by atoms with E-state index in [4.69, 9.17) is 11.6 Å². The van der Waals surface area contributed by atoms with Crippen molar-refractivity contribution in [2.75, 3.05) is 5.32 Å². The van der Waals surface area contributed by atoms with E-state index in [-0.39, 0.29) is 0 Å². The van der Waals surface area contributed by atoms with Crippen LogP contribution in [0.4, 0.5) is 5.82 Å². The van der Waals surface area contributed by atoms with Crippen molar-refractivity contribution in [1.82, 2.24) is 29.5 Å². The van der Waals surface area contributed by atoms with Crippen molar-refractivity contribution in [1.29, 1.82) is 0 Å². The van der Waals surface area contributed by atoms with Crippen molar-refractivity contribution >= 4 is 28.6 Å². The zero-order chi connectivity index (χ0) is 13.9. The van der Waals surface area contributed by atoms with Crippen molar-refractivity contribution < 1.29 is 0 Å². The predicted octanol–water partition coefficient (Wildman–Crippen LogP) is 1.90. The van der Waals surface area contributed by atoms with Crippen LogP contribution in [0, 0.1) is 0 Å². The molecule has 3 aromatic heterocycles. The van der Waals surface area contributed by atoms with E-state index in [1.807, 2.05) is 11.5 Å². The number of anilines is 1. The zero-order valence-corrected chi connectivity index (χ0v) is 11.5. The van der Waals surface area contributed by atoms with Crippen LogP contribution in [0.2, 0.25) is 5.15 Å². The Hall–Kier alpha value is -2.28. The lowest BCUT2D eigenvalue weighted by Crippen LogP contribution is -2.05. The van der Waals surface area contributed by atoms with E-state index in [0.29, 0.717) is 23.2 Å². The van der Waals surface area contributed by atoms with Crippen molar-refractivity contribution in [2.24, 2.45) is 0 Å². The number of hydrogen-bond acceptors (Lipinski definition) is 6. The quantitative estimate of drug-likeness (QED) is 0.790. The molecule has 0 radical (unpaired) electrons. The first kappa shape index (κ1) is 12.7. The number of nitrogens with zero attached hydrogens (tertiary/aromatic N) is 6. The molecule has 0 aliphatic heterocycles. The average Bonchev–Trinajstić information content (AvgIpc) is 2.90. The van der Waals surface area contributed by atoms with E-state index in [9.17, 15) is 0 Å². The van der Waals surface area contributed by atoms with Gasteiger partial charge in [-0.25, -0.2) is 19.9 Å². The molecule has 3 heterocycles. The van der Waals surface area contributed by atoms with Gasteiger partial charge in [0.2, 0.25) is 0 Å². The summed E-state index contributed by atoms with van der Waals surface area (Å²) >= 11 is 5.97. The number of imidazole rings is 1. The highest BCUT2D eigenvalue weighted by molar-refractivity contribution is 6.30. The number of aromatic nitrogens is 6. The Morgan fingerprint density at radius 2 is 2.00 bits per heavy atom. The number of aryl methyl sites for hydroxylation is 1. The molecule has 3 rings (SSSR count). The van der Waals surface area contributed by atoms with Crippen molar-refractivity contribution in [2.45, 2.75) is 20.0 Å². The lowest BCUT2D eigenvalue weighted by molar-refractivity contribution is 0.777. The van der Waals surface area contributed by atoms with E-state index in [2.05, 4.69) is 30.2 Å². The molecule has 0 bridgehead atoms. The van der Waals surface area contributed by atoms with Gasteiger partial charge in [0.15, 0.2) is 16.6 Å². The first-order chi connectivity index (χ1) is 9.79. The van der Waals surface area contributed by atoms with Gasteiger partial charge in [0, 0.05) is 18.9 Å². The normalized spacial score (nSPS) is 10.9. The van der Waals surface area contributed by atoms with Gasteiger partial charge in [-0.2, -0.15) is 0 Å². The van der Waals surface area contributed by atoms with Crippen LogP contribution in [-0.4, -0.2) is 29.5 Å². The molecule has 7 nitrogen and oxygen atoms in total. The Balaban J connectivity index is 1.88. The Kier molecular flexibility index (Phi) is 3.42. The fourth-order valence-electron chi connectivity index (χ4n) is 1.88. The standard InChI is InChI=1S/C12H12ClN7/c1-2-20-7-19-9-11(17-6-18-12(9)20)16-5-8-10(13)15-4-3-14-8/h3-4,6-7H,2,5H2,1H3,(H,16,17,18). The van der Waals surface area contributed by atoms with Gasteiger partial charge in [-0.1, -0.05) is 11.6 Å². The Morgan fingerprint density at radius 1 is 1.15 bits per heavy atom. The number of rotatable bonds is 4. The SMILES string of the molecule is CCn1cnc2c(NCc3nccnc3Cl)ncnc21. The maximum atomic E-state index is 5.97. The van der Waals surface area contributed by atoms with Crippen LogP contribution in [0.25, 0.3) is 11.2 Å². The topological polar surface area (TPSA) is 81.4 Å². The van der Waals surface area contributed by atoms with Crippen LogP contribution < -0.4 is 5.32 Å². The minimum absolute atomic E-state index is 0.379. The molecule has 0 fully saturated rings. The maximum Gasteiger partial charge on any atom is 0.165 e. The Labute approximate surface area is 120 Å². The van der Waals surface area contributed by atoms with Gasteiger partial charge in [-0.3, -0.25) is 4.98 Å². The van der Waals surface area contributed by atoms with Gasteiger partial charge < -0.3 is 9.88 Å². The third-order valence-electron chi connectivity index (χ3n) is 2.89. The molecule has 1 N–H and O–H groups in total. The zero-order valence-electron chi connectivity index (χ0n) is 10.8. The molecule has 0 saturated heterocycles. The second kappa shape index (κ2) is 5.38. The van der Waals surface area contributed by atoms with E-state index < -0.39 is 0 Å². The summed E-state index contributed by atoms with van der Waals surface area (Å²) in [5.41, 5.74) is 2.19. The van der Waals surface area contributed by atoms with Gasteiger partial charge in [0.1, 0.15) is 11.8 Å². The third kappa shape index (κ3) is 2.27. The molecule has 8 heteroatoms. The smallest absolute Gasteiger partial charge is 0.165 e. The fourth-order valence-corrected chi connectivity index (χ4v) is 2.05. The van der Waals surface area contributed by atoms with Crippen LogP contribution in [0.5, 0.6) is 0 Å². The summed E-state index contributed by atoms with van der Waals surface area (Å²) in [5.74, 6) is 0.656. The van der Waals surface area contributed by atoms with Crippen LogP contribution in [0.15, 0.2) is 25.0 Å². The van der Waals surface area contributed by atoms with Crippen LogP contribution >= 0.6 is 11.6 Å². The molecule has 3 aromatic rings. The predicted molar refractivity (Wildman–Crippen MR) is 75.4 cm³/mol. The number of hydrogen-bond donors (Lipinski definition) is 1. The summed E-state index contributed by atoms with van der Waals surface area (Å²) in [7, 11) is 0. The number of nitrogens with one attached hydrogen (secondary N) is 1. The Bertz CT molecular complexity index is 740. The first-order valence-corrected chi connectivity index (χ1v) is 6.52. The molecular formula is C12H12ClN7. The summed E-state index contributed by atoms with van der Waals surface area (Å²) < 4.78 is 1.96. The second-order valence-corrected chi connectivity index (χ2v) is 4.43. The van der Waals surface area contributed by atoms with Gasteiger partial charge in [-0.15, -0.1) is 0 Å². The van der Waals surface area contributed by atoms with Gasteiger partial charge in [-0.05, 0) is 6.92 Å². The summed E-state index contributed by atoms with van der Waals surface area (Å²) in [6.07, 6.45) is 6.42. The minimum Gasteiger partial charge on any atom is -0.362 e. The molecule has 0 aliphatic rings. The molecule has 102 valence electrons. The van der Waals surface area contributed by atoms with Crippen LogP contribution in [0.3, 0.4) is 0 Å². The van der Waals surface area contributed by atoms with E-state index in [1.54, 1.807) is 18.7 Å². The molecule has 0 unspecified atom stereocenters. The number of halogens is 1. The first-order valence-electron chi connectivity index (χ1n) is 6.14. The third-order valence-corrected chi connectivity index (χ3v) is 3.20. The van der Waals surface area contributed by atoms with Crippen molar-refractivity contribution in [3.63, 3.8) is 0 Å². The minimum atomic E-state index is 0.379. The van der Waals surface area contributed by atoms with Crippen LogP contribution in [-0.2, 0) is 13.1 Å². The maximum absolute atomic E-state index is 5.97. The molecule has 0 spiro atoms. The van der Waals surface area contributed by atoms with E-state index in [1.165, 1.54) is 6.33 Å². The second-order valence-electron chi connectivity index (χ2n) is 4.07. The fraction of sp³-hybridized carbons (Fsp3) is 0.250. The molecule has 20 heavy (non-hydrogen) atoms. The molecular weight excluding hydrogens is 278 g/mol. The van der Waals surface area contributed by atoms with Gasteiger partial charge in [0.25, 0.3) is 0 Å². The highest BCUT2D eigenvalue weighted by Crippen LogP contribution is 2.18. The molecule has 0 aliphatic carbocycles. The summed E-state index contributed by atoms with van der Waals surface area (Å²) in [6.45, 7) is 3.27. The summed E-state index contributed by atoms with van der Waals surface area (Å²) in [6, 6.07) is 0. The molecule has 0 atom stereocenters. The Morgan fingerprint density at radius 3 is 2.80 bits per heavy atom. The molecule has 0 amide bonds. The van der Waals surface area contributed by atoms with Crippen molar-refractivity contribution in [3.8, 4) is 0 Å². The lowest BCUT2D eigenvalue weighted by Gasteiger charge is -2.06. The highest BCUT2D eigenvalue weighted by atomic mass is 35.5. The largest absolute Gasteiger partial charge is 0.362 e. The summed E-state index contributed by atoms with van der Waals surface area (Å²) in [4.78, 5) is 20.9.